The topological polar surface area (TPSA) is 89.3 Å². The lowest BCUT2D eigenvalue weighted by Crippen LogP contribution is -2.40. The molecule has 0 aliphatic rings. The molecule has 1 aromatic rings. The molecular weight excluding hydrogens is 263 g/mol. The third-order valence-electron chi connectivity index (χ3n) is 1.86. The zero-order valence-corrected chi connectivity index (χ0v) is 10.9. The molecule has 6 nitrogen and oxygen atoms in total. The van der Waals surface area contributed by atoms with Gasteiger partial charge in [0, 0.05) is 11.6 Å². The molecule has 0 aromatic heterocycles. The predicted molar refractivity (Wildman–Crippen MR) is 63.1 cm³/mol. The van der Waals surface area contributed by atoms with Crippen LogP contribution in [0.25, 0.3) is 0 Å². The van der Waals surface area contributed by atoms with Crippen molar-refractivity contribution in [2.24, 2.45) is 0 Å². The van der Waals surface area contributed by atoms with Crippen LogP contribution in [0, 0.1) is 15.9 Å². The van der Waals surface area contributed by atoms with E-state index >= 15 is 0 Å². The van der Waals surface area contributed by atoms with Crippen LogP contribution in [0.15, 0.2) is 23.1 Å². The number of sulfonamides is 1. The lowest BCUT2D eigenvalue weighted by Gasteiger charge is -2.20. The molecule has 8 heteroatoms. The van der Waals surface area contributed by atoms with E-state index in [0.717, 1.165) is 12.1 Å². The van der Waals surface area contributed by atoms with Crippen molar-refractivity contribution in [2.75, 3.05) is 0 Å². The van der Waals surface area contributed by atoms with Crippen LogP contribution >= 0.6 is 0 Å². The van der Waals surface area contributed by atoms with E-state index in [0.29, 0.717) is 6.07 Å². The van der Waals surface area contributed by atoms with Crippen LogP contribution in [0.2, 0.25) is 0 Å². The Balaban J connectivity index is 3.23. The van der Waals surface area contributed by atoms with Gasteiger partial charge < -0.3 is 0 Å². The summed E-state index contributed by atoms with van der Waals surface area (Å²) in [5.74, 6) is -1.15. The van der Waals surface area contributed by atoms with E-state index in [-0.39, 0.29) is 0 Å². The van der Waals surface area contributed by atoms with E-state index in [1.54, 1.807) is 20.8 Å². The van der Waals surface area contributed by atoms with Crippen molar-refractivity contribution in [2.45, 2.75) is 31.2 Å². The van der Waals surface area contributed by atoms with Gasteiger partial charge in [-0.1, -0.05) is 0 Å². The van der Waals surface area contributed by atoms with Gasteiger partial charge in [-0.15, -0.1) is 0 Å². The molecule has 1 aromatic carbocycles. The van der Waals surface area contributed by atoms with E-state index in [4.69, 9.17) is 0 Å². The summed E-state index contributed by atoms with van der Waals surface area (Å²) in [5, 5.41) is 10.4. The zero-order valence-electron chi connectivity index (χ0n) is 10.1. The van der Waals surface area contributed by atoms with Gasteiger partial charge in [-0.3, -0.25) is 10.1 Å². The molecule has 0 amide bonds. The van der Waals surface area contributed by atoms with Gasteiger partial charge in [0.1, 0.15) is 10.7 Å². The van der Waals surface area contributed by atoms with Gasteiger partial charge in [-0.05, 0) is 26.8 Å². The first-order chi connectivity index (χ1) is 8.03. The lowest BCUT2D eigenvalue weighted by atomic mass is 10.1. The summed E-state index contributed by atoms with van der Waals surface area (Å²) in [5.41, 5.74) is -1.27. The molecule has 1 rings (SSSR count). The van der Waals surface area contributed by atoms with Gasteiger partial charge in [0.05, 0.1) is 11.0 Å². The van der Waals surface area contributed by atoms with Crippen molar-refractivity contribution >= 4 is 15.7 Å². The summed E-state index contributed by atoms with van der Waals surface area (Å²) < 4.78 is 39.5. The summed E-state index contributed by atoms with van der Waals surface area (Å²) >= 11 is 0. The first-order valence-electron chi connectivity index (χ1n) is 5.01. The molecule has 0 unspecified atom stereocenters. The standard InChI is InChI=1S/C10H13FN2O4S/c1-10(2,3)12-18(16,17)9-5-4-7(13(14)15)6-8(9)11/h4-6,12H,1-3H3. The summed E-state index contributed by atoms with van der Waals surface area (Å²) in [6.45, 7) is 4.82. The summed E-state index contributed by atoms with van der Waals surface area (Å²) in [6.07, 6.45) is 0. The third kappa shape index (κ3) is 3.47. The third-order valence-corrected chi connectivity index (χ3v) is 3.65. The van der Waals surface area contributed by atoms with Crippen molar-refractivity contribution in [3.63, 3.8) is 0 Å². The first kappa shape index (κ1) is 14.5. The summed E-state index contributed by atoms with van der Waals surface area (Å²) in [6, 6.07) is 2.40. The Bertz CT molecular complexity index is 578. The van der Waals surface area contributed by atoms with E-state index < -0.39 is 36.9 Å². The normalized spacial score (nSPS) is 12.4. The van der Waals surface area contributed by atoms with Crippen molar-refractivity contribution in [1.82, 2.24) is 4.72 Å². The van der Waals surface area contributed by atoms with E-state index in [2.05, 4.69) is 4.72 Å². The average Bonchev–Trinajstić information content (AvgIpc) is 2.12. The number of hydrogen-bond acceptors (Lipinski definition) is 4. The maximum absolute atomic E-state index is 13.6. The highest BCUT2D eigenvalue weighted by molar-refractivity contribution is 7.89. The Morgan fingerprint density at radius 2 is 1.89 bits per heavy atom. The number of nitro benzene ring substituents is 1. The molecule has 0 aliphatic heterocycles. The maximum atomic E-state index is 13.6. The van der Waals surface area contributed by atoms with Crippen LogP contribution in [0.3, 0.4) is 0 Å². The largest absolute Gasteiger partial charge is 0.272 e. The second kappa shape index (κ2) is 4.62. The molecule has 0 heterocycles. The fourth-order valence-corrected chi connectivity index (χ4v) is 2.76. The Morgan fingerprint density at radius 1 is 1.33 bits per heavy atom. The van der Waals surface area contributed by atoms with Crippen LogP contribution in [0.4, 0.5) is 10.1 Å². The Morgan fingerprint density at radius 3 is 2.28 bits per heavy atom. The van der Waals surface area contributed by atoms with Crippen LogP contribution in [-0.2, 0) is 10.0 Å². The van der Waals surface area contributed by atoms with Crippen molar-refractivity contribution in [3.8, 4) is 0 Å². The fraction of sp³-hybridized carbons (Fsp3) is 0.400. The van der Waals surface area contributed by atoms with Crippen molar-refractivity contribution in [3.05, 3.63) is 34.1 Å². The Hall–Kier alpha value is -1.54. The van der Waals surface area contributed by atoms with Crippen LogP contribution in [0.1, 0.15) is 20.8 Å². The first-order valence-corrected chi connectivity index (χ1v) is 6.49. The van der Waals surface area contributed by atoms with Gasteiger partial charge in [0.25, 0.3) is 5.69 Å². The Labute approximate surface area is 104 Å². The van der Waals surface area contributed by atoms with Crippen LogP contribution < -0.4 is 4.72 Å². The molecule has 0 fully saturated rings. The molecule has 0 aliphatic carbocycles. The Kier molecular flexibility index (Phi) is 3.72. The predicted octanol–water partition coefficient (Wildman–Crippen LogP) is 1.81. The second-order valence-electron chi connectivity index (χ2n) is 4.73. The molecule has 1 N–H and O–H groups in total. The molecule has 0 saturated carbocycles. The molecule has 18 heavy (non-hydrogen) atoms. The number of non-ortho nitro benzene ring substituents is 1. The molecular formula is C10H13FN2O4S. The van der Waals surface area contributed by atoms with Crippen LogP contribution in [0.5, 0.6) is 0 Å². The SMILES string of the molecule is CC(C)(C)NS(=O)(=O)c1ccc([N+](=O)[O-])cc1F. The van der Waals surface area contributed by atoms with E-state index in [1.807, 2.05) is 0 Å². The highest BCUT2D eigenvalue weighted by Gasteiger charge is 2.26. The van der Waals surface area contributed by atoms with Crippen molar-refractivity contribution in [1.29, 1.82) is 0 Å². The van der Waals surface area contributed by atoms with E-state index in [1.165, 1.54) is 0 Å². The molecule has 0 atom stereocenters. The summed E-state index contributed by atoms with van der Waals surface area (Å²) in [4.78, 5) is 9.01. The second-order valence-corrected chi connectivity index (χ2v) is 6.38. The van der Waals surface area contributed by atoms with Gasteiger partial charge >= 0.3 is 0 Å². The minimum Gasteiger partial charge on any atom is -0.258 e. The molecule has 100 valence electrons. The number of nitrogens with one attached hydrogen (secondary N) is 1. The number of halogens is 1. The van der Waals surface area contributed by atoms with E-state index in [9.17, 15) is 22.9 Å². The quantitative estimate of drug-likeness (QED) is 0.673. The van der Waals surface area contributed by atoms with Gasteiger partial charge in [-0.25, -0.2) is 17.5 Å². The molecule has 0 bridgehead atoms. The zero-order chi connectivity index (χ0) is 14.1. The lowest BCUT2D eigenvalue weighted by molar-refractivity contribution is -0.385. The number of benzene rings is 1. The van der Waals surface area contributed by atoms with Gasteiger partial charge in [-0.2, -0.15) is 0 Å². The summed E-state index contributed by atoms with van der Waals surface area (Å²) in [7, 11) is -4.04. The molecule has 0 saturated heterocycles. The molecule has 0 spiro atoms. The minimum absolute atomic E-state index is 0.498. The fourth-order valence-electron chi connectivity index (χ4n) is 1.28. The minimum atomic E-state index is -4.04. The number of nitrogens with zero attached hydrogens (tertiary/aromatic N) is 1. The number of hydrogen-bond donors (Lipinski definition) is 1. The monoisotopic (exact) mass is 276 g/mol. The number of nitro groups is 1. The highest BCUT2D eigenvalue weighted by atomic mass is 32.2. The van der Waals surface area contributed by atoms with Crippen molar-refractivity contribution < 1.29 is 17.7 Å². The molecule has 0 radical (unpaired) electrons. The van der Waals surface area contributed by atoms with Crippen LogP contribution in [-0.4, -0.2) is 18.9 Å². The maximum Gasteiger partial charge on any atom is 0.272 e. The van der Waals surface area contributed by atoms with Gasteiger partial charge in [0.15, 0.2) is 0 Å². The average molecular weight is 276 g/mol. The highest BCUT2D eigenvalue weighted by Crippen LogP contribution is 2.21. The van der Waals surface area contributed by atoms with Gasteiger partial charge in [0.2, 0.25) is 10.0 Å². The number of rotatable bonds is 3. The smallest absolute Gasteiger partial charge is 0.258 e.